The molecule has 0 spiro atoms. The van der Waals surface area contributed by atoms with E-state index in [1.54, 1.807) is 24.3 Å². The monoisotopic (exact) mass is 414 g/mol. The van der Waals surface area contributed by atoms with Crippen LogP contribution < -0.4 is 10.8 Å². The normalized spacial score (nSPS) is 16.5. The molecule has 0 bridgehead atoms. The Morgan fingerprint density at radius 1 is 1.29 bits per heavy atom. The van der Waals surface area contributed by atoms with Crippen molar-refractivity contribution in [3.63, 3.8) is 0 Å². The summed E-state index contributed by atoms with van der Waals surface area (Å²) in [5, 5.41) is 2.86. The van der Waals surface area contributed by atoms with E-state index in [2.05, 4.69) is 26.7 Å². The zero-order chi connectivity index (χ0) is 17.3. The van der Waals surface area contributed by atoms with Gasteiger partial charge >= 0.3 is 0 Å². The van der Waals surface area contributed by atoms with Crippen LogP contribution in [-0.4, -0.2) is 12.0 Å². The highest BCUT2D eigenvalue weighted by atomic mass is 79.9. The van der Waals surface area contributed by atoms with Crippen LogP contribution in [0.15, 0.2) is 46.9 Å². The highest BCUT2D eigenvalue weighted by molar-refractivity contribution is 9.10. The van der Waals surface area contributed by atoms with Gasteiger partial charge in [0.15, 0.2) is 11.9 Å². The van der Waals surface area contributed by atoms with E-state index < -0.39 is 23.6 Å². The zero-order valence-electron chi connectivity index (χ0n) is 11.9. The van der Waals surface area contributed by atoms with Crippen molar-refractivity contribution in [2.75, 3.05) is 5.32 Å². The van der Waals surface area contributed by atoms with E-state index in [0.29, 0.717) is 22.3 Å². The largest absolute Gasteiger partial charge is 0.320 e. The van der Waals surface area contributed by atoms with Crippen molar-refractivity contribution in [3.8, 4) is 0 Å². The van der Waals surface area contributed by atoms with Crippen molar-refractivity contribution >= 4 is 44.8 Å². The molecule has 0 aliphatic carbocycles. The fourth-order valence-corrected chi connectivity index (χ4v) is 2.90. The number of halogens is 4. The van der Waals surface area contributed by atoms with Crippen molar-refractivity contribution in [2.24, 2.45) is 0 Å². The van der Waals surface area contributed by atoms with Crippen LogP contribution in [0, 0.1) is 11.6 Å². The summed E-state index contributed by atoms with van der Waals surface area (Å²) in [6.45, 7) is 0. The Hall–Kier alpha value is -1.96. The summed E-state index contributed by atoms with van der Waals surface area (Å²) >= 11 is 9.10. The molecule has 0 fully saturated rings. The third-order valence-electron chi connectivity index (χ3n) is 3.29. The maximum absolute atomic E-state index is 13.8. The summed E-state index contributed by atoms with van der Waals surface area (Å²) in [5.41, 5.74) is 3.65. The number of hydrogen-bond donors (Lipinski definition) is 2. The average molecular weight is 416 g/mol. The van der Waals surface area contributed by atoms with Crippen molar-refractivity contribution in [1.82, 2.24) is 5.48 Å². The third kappa shape index (κ3) is 3.43. The lowest BCUT2D eigenvalue weighted by Gasteiger charge is -2.11. The predicted molar refractivity (Wildman–Crippen MR) is 90.1 cm³/mol. The van der Waals surface area contributed by atoms with Gasteiger partial charge in [0.25, 0.3) is 5.91 Å². The molecular formula is C16H10BrClF2N2O2. The molecule has 4 nitrogen and oxygen atoms in total. The highest BCUT2D eigenvalue weighted by Gasteiger charge is 2.26. The molecule has 2 N–H and O–H groups in total. The first-order chi connectivity index (χ1) is 11.5. The molecule has 2 aromatic carbocycles. The van der Waals surface area contributed by atoms with Gasteiger partial charge in [-0.15, -0.1) is 0 Å². The summed E-state index contributed by atoms with van der Waals surface area (Å²) in [6, 6.07) is 8.78. The number of nitrogens with one attached hydrogen (secondary N) is 2. The van der Waals surface area contributed by atoms with Crippen LogP contribution >= 0.6 is 27.5 Å². The van der Waals surface area contributed by atoms with Gasteiger partial charge in [-0.25, -0.2) is 8.78 Å². The molecule has 0 radical (unpaired) electrons. The Bertz CT molecular complexity index is 822. The maximum atomic E-state index is 13.8. The fourth-order valence-electron chi connectivity index (χ4n) is 2.16. The molecular weight excluding hydrogens is 406 g/mol. The molecule has 0 saturated carbocycles. The molecule has 1 amide bonds. The Kier molecular flexibility index (Phi) is 4.84. The van der Waals surface area contributed by atoms with Crippen LogP contribution in [0.2, 0.25) is 5.02 Å². The lowest BCUT2D eigenvalue weighted by atomic mass is 10.1. The Morgan fingerprint density at radius 2 is 2.04 bits per heavy atom. The molecule has 8 heteroatoms. The molecule has 2 aromatic rings. The van der Waals surface area contributed by atoms with E-state index >= 15 is 0 Å². The van der Waals surface area contributed by atoms with Gasteiger partial charge in [0.1, 0.15) is 5.82 Å². The van der Waals surface area contributed by atoms with Gasteiger partial charge < -0.3 is 5.32 Å². The van der Waals surface area contributed by atoms with Crippen LogP contribution in [-0.2, 0) is 9.63 Å². The van der Waals surface area contributed by atoms with E-state index in [1.807, 2.05) is 0 Å². The van der Waals surface area contributed by atoms with Gasteiger partial charge in [-0.1, -0.05) is 29.8 Å². The van der Waals surface area contributed by atoms with E-state index in [-0.39, 0.29) is 10.2 Å². The number of rotatable bonds is 3. The van der Waals surface area contributed by atoms with Gasteiger partial charge in [-0.05, 0) is 34.1 Å². The Morgan fingerprint density at radius 3 is 2.75 bits per heavy atom. The molecule has 124 valence electrons. The second-order valence-corrected chi connectivity index (χ2v) is 6.20. The lowest BCUT2D eigenvalue weighted by Crippen LogP contribution is -2.29. The Balaban J connectivity index is 1.79. The minimum atomic E-state index is -0.993. The van der Waals surface area contributed by atoms with Gasteiger partial charge in [-0.3, -0.25) is 15.1 Å². The van der Waals surface area contributed by atoms with Crippen LogP contribution in [0.1, 0.15) is 5.56 Å². The predicted octanol–water partition coefficient (Wildman–Crippen LogP) is 4.26. The van der Waals surface area contributed by atoms with Crippen molar-refractivity contribution in [2.45, 2.75) is 6.10 Å². The molecule has 24 heavy (non-hydrogen) atoms. The van der Waals surface area contributed by atoms with Gasteiger partial charge in [0.05, 0.1) is 11.4 Å². The van der Waals surface area contributed by atoms with Crippen molar-refractivity contribution < 1.29 is 18.4 Å². The molecule has 0 aromatic heterocycles. The molecule has 0 unspecified atom stereocenters. The number of carbonyl (C=O) groups is 1. The maximum Gasteiger partial charge on any atom is 0.260 e. The number of hydroxylamine groups is 1. The van der Waals surface area contributed by atoms with Crippen LogP contribution in [0.5, 0.6) is 0 Å². The van der Waals surface area contributed by atoms with Crippen LogP contribution in [0.25, 0.3) is 5.70 Å². The number of benzene rings is 2. The molecule has 1 atom stereocenters. The number of anilines is 1. The number of hydrogen-bond acceptors (Lipinski definition) is 3. The molecule has 1 aliphatic rings. The third-order valence-corrected chi connectivity index (χ3v) is 4.25. The SMILES string of the molecule is O=C(Nc1c(F)cc(F)cc1Br)[C@@H]1C=C(c2ccccc2Cl)NO1. The zero-order valence-corrected chi connectivity index (χ0v) is 14.3. The first-order valence-electron chi connectivity index (χ1n) is 6.79. The summed E-state index contributed by atoms with van der Waals surface area (Å²) in [6.07, 6.45) is 0.527. The first-order valence-corrected chi connectivity index (χ1v) is 7.96. The molecule has 3 rings (SSSR count). The average Bonchev–Trinajstić information content (AvgIpc) is 3.01. The van der Waals surface area contributed by atoms with Crippen molar-refractivity contribution in [1.29, 1.82) is 0 Å². The summed E-state index contributed by atoms with van der Waals surface area (Å²) in [4.78, 5) is 17.4. The Labute approximate surface area is 149 Å². The van der Waals surface area contributed by atoms with Gasteiger partial charge in [0, 0.05) is 21.1 Å². The molecule has 1 heterocycles. The minimum Gasteiger partial charge on any atom is -0.320 e. The van der Waals surface area contributed by atoms with Gasteiger partial charge in [-0.2, -0.15) is 0 Å². The van der Waals surface area contributed by atoms with E-state index in [4.69, 9.17) is 16.4 Å². The van der Waals surface area contributed by atoms with Crippen molar-refractivity contribution in [3.05, 3.63) is 69.2 Å². The lowest BCUT2D eigenvalue weighted by molar-refractivity contribution is -0.125. The number of amides is 1. The summed E-state index contributed by atoms with van der Waals surface area (Å²) in [7, 11) is 0. The summed E-state index contributed by atoms with van der Waals surface area (Å²) < 4.78 is 27.0. The van der Waals surface area contributed by atoms with Gasteiger partial charge in [0.2, 0.25) is 0 Å². The van der Waals surface area contributed by atoms with E-state index in [1.165, 1.54) is 6.08 Å². The summed E-state index contributed by atoms with van der Waals surface area (Å²) in [5.74, 6) is -2.26. The van der Waals surface area contributed by atoms with E-state index in [9.17, 15) is 13.6 Å². The fraction of sp³-hybridized carbons (Fsp3) is 0.0625. The molecule has 0 saturated heterocycles. The first kappa shape index (κ1) is 16.9. The topological polar surface area (TPSA) is 50.4 Å². The standard InChI is InChI=1S/C16H10BrClF2N2O2/c17-10-5-8(19)6-12(20)15(10)21-16(23)14-7-13(22-24-14)9-3-1-2-4-11(9)18/h1-7,14,22H,(H,21,23)/t14-/m0/s1. The van der Waals surface area contributed by atoms with Crippen LogP contribution in [0.4, 0.5) is 14.5 Å². The molecule has 1 aliphatic heterocycles. The smallest absolute Gasteiger partial charge is 0.260 e. The second-order valence-electron chi connectivity index (χ2n) is 4.93. The van der Waals surface area contributed by atoms with Crippen LogP contribution in [0.3, 0.4) is 0 Å². The minimum absolute atomic E-state index is 0.0922. The number of carbonyl (C=O) groups excluding carboxylic acids is 1. The van der Waals surface area contributed by atoms with E-state index in [0.717, 1.165) is 6.07 Å². The quantitative estimate of drug-likeness (QED) is 0.787. The highest BCUT2D eigenvalue weighted by Crippen LogP contribution is 2.29. The second kappa shape index (κ2) is 6.88.